The van der Waals surface area contributed by atoms with Crippen molar-refractivity contribution in [1.82, 2.24) is 10.2 Å². The maximum atomic E-state index is 12.5. The van der Waals surface area contributed by atoms with Gasteiger partial charge in [-0.15, -0.1) is 0 Å². The molecule has 2 aromatic carbocycles. The highest BCUT2D eigenvalue weighted by Crippen LogP contribution is 2.32. The minimum absolute atomic E-state index is 0.0587. The fourth-order valence-corrected chi connectivity index (χ4v) is 4.65. The van der Waals surface area contributed by atoms with Gasteiger partial charge in [0.05, 0.1) is 6.04 Å². The molecule has 2 heterocycles. The van der Waals surface area contributed by atoms with Crippen molar-refractivity contribution in [2.24, 2.45) is 0 Å². The standard InChI is InChI=1S/C24H29ClN4O2/c1-16-5-7-19(25)14-20(16)27-24(31)23(30)26-15-22(29-10-3-4-11-29)17-6-8-21-18(13-17)9-12-28(21)2/h5-8,13-14,22H,3-4,9-12,15H2,1-2H3,(H,26,30)(H,27,31). The zero-order chi connectivity index (χ0) is 22.0. The second-order valence-electron chi connectivity index (χ2n) is 8.44. The summed E-state index contributed by atoms with van der Waals surface area (Å²) in [6, 6.07) is 11.9. The van der Waals surface area contributed by atoms with Crippen LogP contribution in [-0.4, -0.2) is 49.9 Å². The van der Waals surface area contributed by atoms with Crippen LogP contribution in [0.15, 0.2) is 36.4 Å². The van der Waals surface area contributed by atoms with Gasteiger partial charge in [0, 0.05) is 36.5 Å². The molecular weight excluding hydrogens is 412 g/mol. The van der Waals surface area contributed by atoms with Crippen molar-refractivity contribution in [3.8, 4) is 0 Å². The van der Waals surface area contributed by atoms with E-state index in [4.69, 9.17) is 11.6 Å². The van der Waals surface area contributed by atoms with Crippen LogP contribution in [0.1, 0.15) is 35.6 Å². The number of nitrogens with zero attached hydrogens (tertiary/aromatic N) is 2. The summed E-state index contributed by atoms with van der Waals surface area (Å²) in [6.07, 6.45) is 3.36. The summed E-state index contributed by atoms with van der Waals surface area (Å²) in [5, 5.41) is 6.03. The van der Waals surface area contributed by atoms with Crippen LogP contribution in [0, 0.1) is 6.92 Å². The van der Waals surface area contributed by atoms with E-state index in [1.54, 1.807) is 12.1 Å². The molecule has 6 nitrogen and oxygen atoms in total. The van der Waals surface area contributed by atoms with Gasteiger partial charge in [-0.25, -0.2) is 0 Å². The highest BCUT2D eigenvalue weighted by molar-refractivity contribution is 6.40. The van der Waals surface area contributed by atoms with Gasteiger partial charge in [0.25, 0.3) is 0 Å². The lowest BCUT2D eigenvalue weighted by molar-refractivity contribution is -0.136. The van der Waals surface area contributed by atoms with Gasteiger partial charge in [-0.2, -0.15) is 0 Å². The number of benzene rings is 2. The lowest BCUT2D eigenvalue weighted by Crippen LogP contribution is -2.41. The monoisotopic (exact) mass is 440 g/mol. The number of hydrogen-bond acceptors (Lipinski definition) is 4. The Morgan fingerprint density at radius 3 is 2.61 bits per heavy atom. The number of halogens is 1. The summed E-state index contributed by atoms with van der Waals surface area (Å²) in [5.74, 6) is -1.31. The molecule has 0 radical (unpaired) electrons. The zero-order valence-corrected chi connectivity index (χ0v) is 18.8. The molecule has 0 saturated carbocycles. The summed E-state index contributed by atoms with van der Waals surface area (Å²) in [7, 11) is 2.12. The number of carbonyl (C=O) groups is 2. The van der Waals surface area contributed by atoms with E-state index in [0.29, 0.717) is 17.3 Å². The largest absolute Gasteiger partial charge is 0.374 e. The first-order valence-corrected chi connectivity index (χ1v) is 11.2. The Bertz CT molecular complexity index is 988. The van der Waals surface area contributed by atoms with E-state index < -0.39 is 11.8 Å². The first-order chi connectivity index (χ1) is 14.9. The lowest BCUT2D eigenvalue weighted by Gasteiger charge is -2.28. The van der Waals surface area contributed by atoms with Gasteiger partial charge in [-0.3, -0.25) is 14.5 Å². The topological polar surface area (TPSA) is 64.7 Å². The number of hydrogen-bond donors (Lipinski definition) is 2. The van der Waals surface area contributed by atoms with E-state index in [9.17, 15) is 9.59 Å². The zero-order valence-electron chi connectivity index (χ0n) is 18.1. The minimum atomic E-state index is -0.680. The van der Waals surface area contributed by atoms with Crippen molar-refractivity contribution in [3.05, 3.63) is 58.1 Å². The molecule has 2 amide bonds. The number of likely N-dealkylation sites (tertiary alicyclic amines) is 1. The van der Waals surface area contributed by atoms with Crippen LogP contribution in [0.2, 0.25) is 5.02 Å². The number of anilines is 2. The molecule has 31 heavy (non-hydrogen) atoms. The third-order valence-electron chi connectivity index (χ3n) is 6.31. The summed E-state index contributed by atoms with van der Waals surface area (Å²) in [4.78, 5) is 29.7. The maximum absolute atomic E-state index is 12.5. The molecule has 1 saturated heterocycles. The normalized spacial score (nSPS) is 16.8. The molecular formula is C24H29ClN4O2. The van der Waals surface area contributed by atoms with Crippen molar-refractivity contribution in [2.75, 3.05) is 43.4 Å². The molecule has 4 rings (SSSR count). The van der Waals surface area contributed by atoms with Gasteiger partial charge in [0.2, 0.25) is 0 Å². The third kappa shape index (κ3) is 4.86. The number of amides is 2. The Hall–Kier alpha value is -2.57. The number of rotatable bonds is 5. The number of carbonyl (C=O) groups excluding carboxylic acids is 2. The Labute approximate surface area is 188 Å². The minimum Gasteiger partial charge on any atom is -0.374 e. The Balaban J connectivity index is 1.45. The van der Waals surface area contributed by atoms with Crippen molar-refractivity contribution < 1.29 is 9.59 Å². The van der Waals surface area contributed by atoms with Gasteiger partial charge in [-0.05, 0) is 74.2 Å². The summed E-state index contributed by atoms with van der Waals surface area (Å²) in [6.45, 7) is 5.30. The van der Waals surface area contributed by atoms with Crippen LogP contribution in [0.5, 0.6) is 0 Å². The van der Waals surface area contributed by atoms with E-state index in [1.165, 1.54) is 16.8 Å². The molecule has 0 bridgehead atoms. The van der Waals surface area contributed by atoms with E-state index >= 15 is 0 Å². The summed E-state index contributed by atoms with van der Waals surface area (Å²) in [5.41, 5.74) is 5.23. The first kappa shape index (κ1) is 21.7. The number of likely N-dealkylation sites (N-methyl/N-ethyl adjacent to an activating group) is 1. The Kier molecular flexibility index (Phi) is 6.49. The molecule has 1 atom stereocenters. The average Bonchev–Trinajstić information content (AvgIpc) is 3.41. The molecule has 2 N–H and O–H groups in total. The van der Waals surface area contributed by atoms with Crippen LogP contribution in [0.25, 0.3) is 0 Å². The molecule has 0 aromatic heterocycles. The second-order valence-corrected chi connectivity index (χ2v) is 8.88. The highest BCUT2D eigenvalue weighted by atomic mass is 35.5. The molecule has 164 valence electrons. The highest BCUT2D eigenvalue weighted by Gasteiger charge is 2.27. The molecule has 0 spiro atoms. The number of nitrogens with one attached hydrogen (secondary N) is 2. The van der Waals surface area contributed by atoms with Crippen molar-refractivity contribution in [2.45, 2.75) is 32.2 Å². The van der Waals surface area contributed by atoms with E-state index in [1.807, 2.05) is 13.0 Å². The van der Waals surface area contributed by atoms with E-state index in [2.05, 4.69) is 45.7 Å². The fraction of sp³-hybridized carbons (Fsp3) is 0.417. The predicted molar refractivity (Wildman–Crippen MR) is 125 cm³/mol. The molecule has 1 fully saturated rings. The number of aryl methyl sites for hydroxylation is 1. The van der Waals surface area contributed by atoms with Gasteiger partial charge in [0.1, 0.15) is 0 Å². The Morgan fingerprint density at radius 2 is 1.84 bits per heavy atom. The van der Waals surface area contributed by atoms with Gasteiger partial charge < -0.3 is 15.5 Å². The summed E-state index contributed by atoms with van der Waals surface area (Å²) < 4.78 is 0. The Morgan fingerprint density at radius 1 is 1.06 bits per heavy atom. The van der Waals surface area contributed by atoms with E-state index in [0.717, 1.165) is 44.5 Å². The molecule has 0 aliphatic carbocycles. The molecule has 2 aliphatic heterocycles. The van der Waals surface area contributed by atoms with Gasteiger partial charge in [-0.1, -0.05) is 29.8 Å². The molecule has 2 aromatic rings. The van der Waals surface area contributed by atoms with Gasteiger partial charge >= 0.3 is 11.8 Å². The first-order valence-electron chi connectivity index (χ1n) is 10.9. The SMILES string of the molecule is Cc1ccc(Cl)cc1NC(=O)C(=O)NCC(c1ccc2c(c1)CCN2C)N1CCCC1. The third-order valence-corrected chi connectivity index (χ3v) is 6.54. The molecule has 1 unspecified atom stereocenters. The van der Waals surface area contributed by atoms with Crippen molar-refractivity contribution in [3.63, 3.8) is 0 Å². The van der Waals surface area contributed by atoms with Crippen LogP contribution in [0.4, 0.5) is 11.4 Å². The predicted octanol–water partition coefficient (Wildman–Crippen LogP) is 3.53. The average molecular weight is 441 g/mol. The maximum Gasteiger partial charge on any atom is 0.313 e. The number of fused-ring (bicyclic) bond motifs is 1. The second kappa shape index (κ2) is 9.28. The molecule has 7 heteroatoms. The van der Waals surface area contributed by atoms with E-state index in [-0.39, 0.29) is 6.04 Å². The fourth-order valence-electron chi connectivity index (χ4n) is 4.48. The lowest BCUT2D eigenvalue weighted by atomic mass is 10.0. The quantitative estimate of drug-likeness (QED) is 0.698. The smallest absolute Gasteiger partial charge is 0.313 e. The van der Waals surface area contributed by atoms with Crippen molar-refractivity contribution >= 4 is 34.8 Å². The van der Waals surface area contributed by atoms with Crippen LogP contribution >= 0.6 is 11.6 Å². The van der Waals surface area contributed by atoms with Gasteiger partial charge in [0.15, 0.2) is 0 Å². The summed E-state index contributed by atoms with van der Waals surface area (Å²) >= 11 is 6.01. The molecule has 2 aliphatic rings. The van der Waals surface area contributed by atoms with Crippen molar-refractivity contribution in [1.29, 1.82) is 0 Å². The van der Waals surface area contributed by atoms with Crippen LogP contribution < -0.4 is 15.5 Å². The van der Waals surface area contributed by atoms with Crippen LogP contribution in [0.3, 0.4) is 0 Å². The van der Waals surface area contributed by atoms with Crippen LogP contribution in [-0.2, 0) is 16.0 Å².